The van der Waals surface area contributed by atoms with Crippen LogP contribution in [-0.2, 0) is 4.79 Å². The summed E-state index contributed by atoms with van der Waals surface area (Å²) in [4.78, 5) is 14.7. The van der Waals surface area contributed by atoms with Gasteiger partial charge in [0.05, 0.1) is 23.7 Å². The number of hydrogen-bond acceptors (Lipinski definition) is 4. The van der Waals surface area contributed by atoms with Gasteiger partial charge >= 0.3 is 5.97 Å². The molecule has 78 valence electrons. The second kappa shape index (κ2) is 5.07. The van der Waals surface area contributed by atoms with Gasteiger partial charge in [0.25, 0.3) is 0 Å². The summed E-state index contributed by atoms with van der Waals surface area (Å²) in [6, 6.07) is 0.0693. The third kappa shape index (κ3) is 3.43. The monoisotopic (exact) mass is 214 g/mol. The summed E-state index contributed by atoms with van der Waals surface area (Å²) in [6.07, 6.45) is 0.0713. The topological polar surface area (TPSA) is 62.2 Å². The van der Waals surface area contributed by atoms with E-state index in [9.17, 15) is 4.79 Å². The van der Waals surface area contributed by atoms with Gasteiger partial charge in [0, 0.05) is 11.4 Å². The lowest BCUT2D eigenvalue weighted by Gasteiger charge is -2.17. The zero-order valence-corrected chi connectivity index (χ0v) is 9.04. The van der Waals surface area contributed by atoms with E-state index in [-0.39, 0.29) is 18.5 Å². The van der Waals surface area contributed by atoms with Crippen LogP contribution in [0.5, 0.6) is 0 Å². The summed E-state index contributed by atoms with van der Waals surface area (Å²) in [5.74, 6) is -0.809. The minimum absolute atomic E-state index is 0.0713. The first kappa shape index (κ1) is 11.1. The molecule has 1 aromatic rings. The number of nitrogens with zero attached hydrogens (tertiary/aromatic N) is 1. The molecule has 0 fully saturated rings. The van der Waals surface area contributed by atoms with Crippen molar-refractivity contribution in [2.45, 2.75) is 32.4 Å². The first-order chi connectivity index (χ1) is 6.59. The van der Waals surface area contributed by atoms with Gasteiger partial charge in [-0.05, 0) is 0 Å². The lowest BCUT2D eigenvalue weighted by Crippen LogP contribution is -2.30. The first-order valence-electron chi connectivity index (χ1n) is 4.45. The second-order valence-electron chi connectivity index (χ2n) is 3.39. The minimum atomic E-state index is -0.809. The Bertz CT molecular complexity index is 285. The second-order valence-corrected chi connectivity index (χ2v) is 4.10. The Hall–Kier alpha value is -0.940. The van der Waals surface area contributed by atoms with Gasteiger partial charge < -0.3 is 10.4 Å². The lowest BCUT2D eigenvalue weighted by atomic mass is 10.1. The number of nitrogens with one attached hydrogen (secondary N) is 1. The van der Waals surface area contributed by atoms with Crippen LogP contribution in [0.2, 0.25) is 0 Å². The van der Waals surface area contributed by atoms with Gasteiger partial charge in [0.2, 0.25) is 0 Å². The van der Waals surface area contributed by atoms with Crippen molar-refractivity contribution in [1.82, 2.24) is 10.3 Å². The van der Waals surface area contributed by atoms with E-state index in [1.54, 1.807) is 5.51 Å². The van der Waals surface area contributed by atoms with Gasteiger partial charge in [-0.25, -0.2) is 4.98 Å². The Kier molecular flexibility index (Phi) is 4.03. The predicted octanol–water partition coefficient (Wildman–Crippen LogP) is 1.66. The number of carboxylic acid groups (broad SMARTS) is 1. The number of hydrogen-bond donors (Lipinski definition) is 2. The molecule has 0 spiro atoms. The van der Waals surface area contributed by atoms with E-state index >= 15 is 0 Å². The number of aliphatic carboxylic acids is 1. The molecule has 0 bridgehead atoms. The van der Waals surface area contributed by atoms with Crippen LogP contribution in [0.25, 0.3) is 0 Å². The summed E-state index contributed by atoms with van der Waals surface area (Å²) in [6.45, 7) is 3.97. The summed E-state index contributed by atoms with van der Waals surface area (Å²) in [7, 11) is 0. The van der Waals surface area contributed by atoms with Crippen LogP contribution in [0.1, 0.15) is 32.0 Å². The van der Waals surface area contributed by atoms with E-state index < -0.39 is 5.97 Å². The van der Waals surface area contributed by atoms with Crippen LogP contribution < -0.4 is 5.32 Å². The molecule has 0 aliphatic heterocycles. The molecule has 0 aliphatic carbocycles. The quantitative estimate of drug-likeness (QED) is 0.782. The van der Waals surface area contributed by atoms with Crippen molar-refractivity contribution in [1.29, 1.82) is 0 Å². The van der Waals surface area contributed by atoms with Crippen molar-refractivity contribution < 1.29 is 9.90 Å². The van der Waals surface area contributed by atoms with E-state index in [1.807, 2.05) is 19.2 Å². The molecule has 1 unspecified atom stereocenters. The van der Waals surface area contributed by atoms with Gasteiger partial charge in [-0.15, -0.1) is 11.3 Å². The molecule has 0 amide bonds. The van der Waals surface area contributed by atoms with E-state index in [1.165, 1.54) is 11.3 Å². The fourth-order valence-electron chi connectivity index (χ4n) is 1.22. The lowest BCUT2D eigenvalue weighted by molar-refractivity contribution is -0.137. The van der Waals surface area contributed by atoms with Crippen LogP contribution in [0, 0.1) is 0 Å². The number of aromatic nitrogens is 1. The molecule has 14 heavy (non-hydrogen) atoms. The highest BCUT2D eigenvalue weighted by Crippen LogP contribution is 2.17. The largest absolute Gasteiger partial charge is 0.481 e. The average molecular weight is 214 g/mol. The SMILES string of the molecule is CC(C)NC(CC(=O)O)c1cscn1. The van der Waals surface area contributed by atoms with Crippen LogP contribution in [-0.4, -0.2) is 22.1 Å². The molecule has 1 aromatic heterocycles. The zero-order valence-electron chi connectivity index (χ0n) is 8.23. The molecule has 2 N–H and O–H groups in total. The number of carboxylic acids is 1. The average Bonchev–Trinajstić information content (AvgIpc) is 2.52. The Labute approximate surface area is 87.0 Å². The van der Waals surface area contributed by atoms with Gasteiger partial charge in [-0.3, -0.25) is 4.79 Å². The van der Waals surface area contributed by atoms with Gasteiger partial charge in [-0.2, -0.15) is 0 Å². The number of carbonyl (C=O) groups is 1. The van der Waals surface area contributed by atoms with E-state index in [4.69, 9.17) is 5.11 Å². The summed E-state index contributed by atoms with van der Waals surface area (Å²) in [5.41, 5.74) is 2.53. The Morgan fingerprint density at radius 1 is 1.71 bits per heavy atom. The fourth-order valence-corrected chi connectivity index (χ4v) is 1.83. The smallest absolute Gasteiger partial charge is 0.305 e. The third-order valence-electron chi connectivity index (χ3n) is 1.72. The fraction of sp³-hybridized carbons (Fsp3) is 0.556. The highest BCUT2D eigenvalue weighted by Gasteiger charge is 2.17. The Balaban J connectivity index is 2.67. The highest BCUT2D eigenvalue weighted by molar-refractivity contribution is 7.07. The highest BCUT2D eigenvalue weighted by atomic mass is 32.1. The molecule has 1 atom stereocenters. The molecule has 1 heterocycles. The molecule has 0 saturated heterocycles. The van der Waals surface area contributed by atoms with Crippen LogP contribution in [0.3, 0.4) is 0 Å². The maximum absolute atomic E-state index is 10.6. The van der Waals surface area contributed by atoms with Crippen molar-refractivity contribution in [2.24, 2.45) is 0 Å². The van der Waals surface area contributed by atoms with Crippen molar-refractivity contribution in [3.8, 4) is 0 Å². The normalized spacial score (nSPS) is 13.1. The van der Waals surface area contributed by atoms with Crippen LogP contribution in [0.4, 0.5) is 0 Å². The molecule has 0 radical (unpaired) electrons. The summed E-state index contributed by atoms with van der Waals surface area (Å²) >= 11 is 1.48. The predicted molar refractivity (Wildman–Crippen MR) is 55.4 cm³/mol. The van der Waals surface area contributed by atoms with Crippen molar-refractivity contribution in [2.75, 3.05) is 0 Å². The Morgan fingerprint density at radius 2 is 2.43 bits per heavy atom. The standard InChI is InChI=1S/C9H14N2O2S/c1-6(2)11-7(3-9(12)13)8-4-14-5-10-8/h4-7,11H,3H2,1-2H3,(H,12,13). The van der Waals surface area contributed by atoms with E-state index in [2.05, 4.69) is 10.3 Å². The van der Waals surface area contributed by atoms with Crippen molar-refractivity contribution in [3.63, 3.8) is 0 Å². The van der Waals surface area contributed by atoms with Gasteiger partial charge in [0.15, 0.2) is 0 Å². The minimum Gasteiger partial charge on any atom is -0.481 e. The molecular weight excluding hydrogens is 200 g/mol. The maximum atomic E-state index is 10.6. The number of rotatable bonds is 5. The van der Waals surface area contributed by atoms with Crippen molar-refractivity contribution >= 4 is 17.3 Å². The van der Waals surface area contributed by atoms with Crippen molar-refractivity contribution in [3.05, 3.63) is 16.6 Å². The van der Waals surface area contributed by atoms with Crippen LogP contribution in [0.15, 0.2) is 10.9 Å². The molecular formula is C9H14N2O2S. The number of thiazole rings is 1. The zero-order chi connectivity index (χ0) is 10.6. The van der Waals surface area contributed by atoms with E-state index in [0.29, 0.717) is 0 Å². The summed E-state index contributed by atoms with van der Waals surface area (Å²) < 4.78 is 0. The van der Waals surface area contributed by atoms with E-state index in [0.717, 1.165) is 5.69 Å². The molecule has 0 aliphatic rings. The third-order valence-corrected chi connectivity index (χ3v) is 2.33. The molecule has 0 saturated carbocycles. The van der Waals surface area contributed by atoms with Crippen LogP contribution >= 0.6 is 11.3 Å². The summed E-state index contributed by atoms with van der Waals surface area (Å²) in [5, 5.41) is 13.8. The molecule has 0 aromatic carbocycles. The molecule has 4 nitrogen and oxygen atoms in total. The molecule has 5 heteroatoms. The van der Waals surface area contributed by atoms with Gasteiger partial charge in [0.1, 0.15) is 0 Å². The Morgan fingerprint density at radius 3 is 2.86 bits per heavy atom. The maximum Gasteiger partial charge on any atom is 0.305 e. The molecule has 1 rings (SSSR count). The van der Waals surface area contributed by atoms with Gasteiger partial charge in [-0.1, -0.05) is 13.8 Å². The first-order valence-corrected chi connectivity index (χ1v) is 5.39.